The Balaban J connectivity index is 1.56. The largest absolute Gasteiger partial charge is 0.462 e. The Kier molecular flexibility index (Phi) is 5.83. The van der Waals surface area contributed by atoms with E-state index in [0.29, 0.717) is 30.4 Å². The first-order chi connectivity index (χ1) is 12.2. The van der Waals surface area contributed by atoms with Crippen LogP contribution in [0.5, 0.6) is 0 Å². The molecule has 0 radical (unpaired) electrons. The van der Waals surface area contributed by atoms with Crippen molar-refractivity contribution in [2.75, 3.05) is 25.0 Å². The summed E-state index contributed by atoms with van der Waals surface area (Å²) in [6, 6.07) is 11.3. The predicted octanol–water partition coefficient (Wildman–Crippen LogP) is 3.70. The minimum atomic E-state index is -0.351. The SMILES string of the molecule is CCOC(=O)c1ccc(NC(=O)CN2CCC[C@H]2c2cccs2)cc1. The molecule has 1 fully saturated rings. The number of thiophene rings is 1. The van der Waals surface area contributed by atoms with E-state index in [0.717, 1.165) is 19.4 Å². The molecule has 2 heterocycles. The number of rotatable bonds is 6. The molecule has 0 spiro atoms. The Morgan fingerprint density at radius 3 is 2.76 bits per heavy atom. The lowest BCUT2D eigenvalue weighted by molar-refractivity contribution is -0.117. The van der Waals surface area contributed by atoms with Gasteiger partial charge < -0.3 is 10.1 Å². The first-order valence-corrected chi connectivity index (χ1v) is 9.40. The predicted molar refractivity (Wildman–Crippen MR) is 98.9 cm³/mol. The van der Waals surface area contributed by atoms with Gasteiger partial charge >= 0.3 is 5.97 Å². The first-order valence-electron chi connectivity index (χ1n) is 8.52. The van der Waals surface area contributed by atoms with Crippen LogP contribution in [0.15, 0.2) is 41.8 Å². The van der Waals surface area contributed by atoms with Crippen molar-refractivity contribution < 1.29 is 14.3 Å². The molecule has 0 saturated carbocycles. The average Bonchev–Trinajstić information content (AvgIpc) is 3.26. The summed E-state index contributed by atoms with van der Waals surface area (Å²) >= 11 is 1.75. The standard InChI is InChI=1S/C19H22N2O3S/c1-2-24-19(23)14-7-9-15(10-8-14)20-18(22)13-21-11-3-5-16(21)17-6-4-12-25-17/h4,6-10,12,16H,2-3,5,11,13H2,1H3,(H,20,22)/t16-/m0/s1. The Morgan fingerprint density at radius 2 is 2.08 bits per heavy atom. The Morgan fingerprint density at radius 1 is 1.28 bits per heavy atom. The van der Waals surface area contributed by atoms with Crippen LogP contribution in [0.4, 0.5) is 5.69 Å². The number of ether oxygens (including phenoxy) is 1. The number of hydrogen-bond acceptors (Lipinski definition) is 5. The zero-order valence-corrected chi connectivity index (χ0v) is 15.1. The van der Waals surface area contributed by atoms with Crippen LogP contribution >= 0.6 is 11.3 Å². The van der Waals surface area contributed by atoms with Crippen LogP contribution in [-0.4, -0.2) is 36.5 Å². The molecule has 1 N–H and O–H groups in total. The van der Waals surface area contributed by atoms with Crippen molar-refractivity contribution in [1.29, 1.82) is 0 Å². The molecule has 3 rings (SSSR count). The summed E-state index contributed by atoms with van der Waals surface area (Å²) in [5.41, 5.74) is 1.17. The Bertz CT molecular complexity index is 713. The minimum Gasteiger partial charge on any atom is -0.462 e. The van der Waals surface area contributed by atoms with Gasteiger partial charge in [0.25, 0.3) is 0 Å². The van der Waals surface area contributed by atoms with E-state index in [1.165, 1.54) is 4.88 Å². The van der Waals surface area contributed by atoms with E-state index in [-0.39, 0.29) is 11.9 Å². The molecule has 5 nitrogen and oxygen atoms in total. The fraction of sp³-hybridized carbons (Fsp3) is 0.368. The summed E-state index contributed by atoms with van der Waals surface area (Å²) < 4.78 is 4.95. The van der Waals surface area contributed by atoms with Crippen molar-refractivity contribution in [3.05, 3.63) is 52.2 Å². The topological polar surface area (TPSA) is 58.6 Å². The molecule has 0 unspecified atom stereocenters. The Labute approximate surface area is 151 Å². The molecule has 1 amide bonds. The van der Waals surface area contributed by atoms with Crippen molar-refractivity contribution in [2.45, 2.75) is 25.8 Å². The fourth-order valence-corrected chi connectivity index (χ4v) is 4.00. The third kappa shape index (κ3) is 4.46. The number of nitrogens with one attached hydrogen (secondary N) is 1. The van der Waals surface area contributed by atoms with E-state index in [2.05, 4.69) is 27.7 Å². The molecule has 1 aliphatic rings. The molecular formula is C19H22N2O3S. The number of amides is 1. The Hall–Kier alpha value is -2.18. The summed E-state index contributed by atoms with van der Waals surface area (Å²) in [6.07, 6.45) is 2.21. The number of esters is 1. The molecule has 1 atom stereocenters. The number of nitrogens with zero attached hydrogens (tertiary/aromatic N) is 1. The zero-order valence-electron chi connectivity index (χ0n) is 14.2. The van der Waals surface area contributed by atoms with Gasteiger partial charge in [0, 0.05) is 16.6 Å². The highest BCUT2D eigenvalue weighted by Gasteiger charge is 2.28. The monoisotopic (exact) mass is 358 g/mol. The number of benzene rings is 1. The number of carbonyl (C=O) groups excluding carboxylic acids is 2. The van der Waals surface area contributed by atoms with Crippen LogP contribution < -0.4 is 5.32 Å². The van der Waals surface area contributed by atoms with Crippen LogP contribution in [0.3, 0.4) is 0 Å². The lowest BCUT2D eigenvalue weighted by Gasteiger charge is -2.22. The minimum absolute atomic E-state index is 0.0349. The van der Waals surface area contributed by atoms with Gasteiger partial charge in [-0.3, -0.25) is 9.69 Å². The molecule has 0 bridgehead atoms. The highest BCUT2D eigenvalue weighted by Crippen LogP contribution is 2.34. The number of carbonyl (C=O) groups is 2. The summed E-state index contributed by atoms with van der Waals surface area (Å²) in [5, 5.41) is 4.98. The zero-order chi connectivity index (χ0) is 17.6. The van der Waals surface area contributed by atoms with Crippen molar-refractivity contribution in [3.63, 3.8) is 0 Å². The van der Waals surface area contributed by atoms with E-state index in [1.54, 1.807) is 42.5 Å². The maximum Gasteiger partial charge on any atom is 0.338 e. The van der Waals surface area contributed by atoms with Gasteiger partial charge in [0.2, 0.25) is 5.91 Å². The maximum absolute atomic E-state index is 12.4. The second kappa shape index (κ2) is 8.27. The van der Waals surface area contributed by atoms with E-state index >= 15 is 0 Å². The average molecular weight is 358 g/mol. The lowest BCUT2D eigenvalue weighted by Crippen LogP contribution is -2.32. The molecule has 0 aliphatic carbocycles. The summed E-state index contributed by atoms with van der Waals surface area (Å²) in [4.78, 5) is 27.6. The molecule has 1 aromatic carbocycles. The smallest absolute Gasteiger partial charge is 0.338 e. The molecule has 25 heavy (non-hydrogen) atoms. The second-order valence-electron chi connectivity index (χ2n) is 5.99. The normalized spacial score (nSPS) is 17.4. The van der Waals surface area contributed by atoms with Crippen LogP contribution in [0.25, 0.3) is 0 Å². The maximum atomic E-state index is 12.4. The van der Waals surface area contributed by atoms with Gasteiger partial charge in [-0.15, -0.1) is 11.3 Å². The molecule has 132 valence electrons. The lowest BCUT2D eigenvalue weighted by atomic mass is 10.2. The summed E-state index contributed by atoms with van der Waals surface area (Å²) in [7, 11) is 0. The molecule has 1 saturated heterocycles. The third-order valence-electron chi connectivity index (χ3n) is 4.26. The van der Waals surface area contributed by atoms with Crippen molar-refractivity contribution in [1.82, 2.24) is 4.90 Å². The van der Waals surface area contributed by atoms with Crippen molar-refractivity contribution in [3.8, 4) is 0 Å². The fourth-order valence-electron chi connectivity index (χ4n) is 3.11. The van der Waals surface area contributed by atoms with E-state index < -0.39 is 0 Å². The number of likely N-dealkylation sites (tertiary alicyclic amines) is 1. The van der Waals surface area contributed by atoms with Gasteiger partial charge in [0.1, 0.15) is 0 Å². The van der Waals surface area contributed by atoms with E-state index in [4.69, 9.17) is 4.74 Å². The molecule has 2 aromatic rings. The van der Waals surface area contributed by atoms with Gasteiger partial charge in [0.05, 0.1) is 18.7 Å². The molecule has 1 aliphatic heterocycles. The summed E-state index contributed by atoms with van der Waals surface area (Å²) in [6.45, 7) is 3.44. The van der Waals surface area contributed by atoms with Gasteiger partial charge in [-0.05, 0) is 62.0 Å². The molecule has 1 aromatic heterocycles. The third-order valence-corrected chi connectivity index (χ3v) is 5.24. The highest BCUT2D eigenvalue weighted by molar-refractivity contribution is 7.10. The quantitative estimate of drug-likeness (QED) is 0.800. The van der Waals surface area contributed by atoms with Gasteiger partial charge in [-0.25, -0.2) is 4.79 Å². The summed E-state index contributed by atoms with van der Waals surface area (Å²) in [5.74, 6) is -0.386. The highest BCUT2D eigenvalue weighted by atomic mass is 32.1. The van der Waals surface area contributed by atoms with Crippen LogP contribution in [0.1, 0.15) is 41.0 Å². The van der Waals surface area contributed by atoms with Crippen LogP contribution in [0.2, 0.25) is 0 Å². The molecular weight excluding hydrogens is 336 g/mol. The van der Waals surface area contributed by atoms with Crippen molar-refractivity contribution >= 4 is 28.9 Å². The van der Waals surface area contributed by atoms with Crippen molar-refractivity contribution in [2.24, 2.45) is 0 Å². The van der Waals surface area contributed by atoms with E-state index in [1.807, 2.05) is 0 Å². The number of anilines is 1. The van der Waals surface area contributed by atoms with Gasteiger partial charge in [-0.2, -0.15) is 0 Å². The second-order valence-corrected chi connectivity index (χ2v) is 6.97. The van der Waals surface area contributed by atoms with E-state index in [9.17, 15) is 9.59 Å². The van der Waals surface area contributed by atoms with Gasteiger partial charge in [-0.1, -0.05) is 6.07 Å². The van der Waals surface area contributed by atoms with Crippen LogP contribution in [0, 0.1) is 0 Å². The van der Waals surface area contributed by atoms with Gasteiger partial charge in [0.15, 0.2) is 0 Å². The first kappa shape index (κ1) is 17.6. The van der Waals surface area contributed by atoms with Crippen LogP contribution in [-0.2, 0) is 9.53 Å². The number of hydrogen-bond donors (Lipinski definition) is 1. The molecule has 6 heteroatoms.